The number of anilines is 1. The van der Waals surface area contributed by atoms with Gasteiger partial charge in [-0.1, -0.05) is 6.07 Å². The summed E-state index contributed by atoms with van der Waals surface area (Å²) in [7, 11) is 0. The number of ether oxygens (including phenoxy) is 5. The van der Waals surface area contributed by atoms with Gasteiger partial charge in [-0.2, -0.15) is 0 Å². The van der Waals surface area contributed by atoms with Crippen molar-refractivity contribution < 1.29 is 79.5 Å². The molecule has 3 fully saturated rings. The van der Waals surface area contributed by atoms with E-state index < -0.39 is 118 Å². The standard InChI is InChI=1S/C25H38N2O16/c1-9(31)27(13-4-2-3-5-26-13)14-17(34)15(32)10(6-28)40-24(14)43-22-16(33)11(7-29)41-25(20(22)37)42-21-12(8-30)39-23(38)19(36)18(21)35/h2-5,10-12,14-25,28-30,32-38H,6-8H2,1H3/t10-,11-,12-,14-,15-,16+,17-,18-,19-,20-,21-,22+,23-,24+,25+/m1/s1. The van der Waals surface area contributed by atoms with Crippen LogP contribution in [0.5, 0.6) is 0 Å². The van der Waals surface area contributed by atoms with Crippen LogP contribution in [-0.2, 0) is 28.5 Å². The number of carbonyl (C=O) groups excluding carboxylic acids is 1. The van der Waals surface area contributed by atoms with Crippen molar-refractivity contribution in [2.45, 2.75) is 99.0 Å². The van der Waals surface area contributed by atoms with Crippen LogP contribution in [0.15, 0.2) is 24.4 Å². The number of carbonyl (C=O) groups is 1. The van der Waals surface area contributed by atoms with Gasteiger partial charge in [0.1, 0.15) is 79.0 Å². The monoisotopic (exact) mass is 622 g/mol. The van der Waals surface area contributed by atoms with Gasteiger partial charge < -0.3 is 74.7 Å². The maximum Gasteiger partial charge on any atom is 0.225 e. The molecule has 10 N–H and O–H groups in total. The number of pyridine rings is 1. The van der Waals surface area contributed by atoms with Gasteiger partial charge in [-0.15, -0.1) is 0 Å². The lowest BCUT2D eigenvalue weighted by Gasteiger charge is -2.50. The van der Waals surface area contributed by atoms with Gasteiger partial charge in [-0.3, -0.25) is 9.69 Å². The molecule has 43 heavy (non-hydrogen) atoms. The molecule has 0 saturated carbocycles. The van der Waals surface area contributed by atoms with Gasteiger partial charge >= 0.3 is 0 Å². The molecule has 0 aromatic carbocycles. The third-order valence-corrected chi connectivity index (χ3v) is 7.63. The van der Waals surface area contributed by atoms with Crippen LogP contribution < -0.4 is 4.90 Å². The fourth-order valence-corrected chi connectivity index (χ4v) is 5.35. The Morgan fingerprint density at radius 2 is 1.35 bits per heavy atom. The molecule has 1 aromatic heterocycles. The Balaban J connectivity index is 1.65. The zero-order valence-corrected chi connectivity index (χ0v) is 22.9. The van der Waals surface area contributed by atoms with E-state index in [1.807, 2.05) is 0 Å². The summed E-state index contributed by atoms with van der Waals surface area (Å²) in [4.78, 5) is 17.9. The average Bonchev–Trinajstić information content (AvgIpc) is 2.99. The largest absolute Gasteiger partial charge is 0.394 e. The first kappa shape index (κ1) is 33.9. The number of aliphatic hydroxyl groups excluding tert-OH is 10. The molecule has 0 unspecified atom stereocenters. The molecule has 18 nitrogen and oxygen atoms in total. The number of rotatable bonds is 9. The predicted octanol–water partition coefficient (Wildman–Crippen LogP) is -6.12. The fraction of sp³-hybridized carbons (Fsp3) is 0.760. The van der Waals surface area contributed by atoms with Crippen LogP contribution in [0, 0.1) is 0 Å². The molecule has 244 valence electrons. The first-order chi connectivity index (χ1) is 20.4. The Bertz CT molecular complexity index is 1040. The van der Waals surface area contributed by atoms with Crippen LogP contribution in [0.2, 0.25) is 0 Å². The Morgan fingerprint density at radius 3 is 1.93 bits per heavy atom. The highest BCUT2D eigenvalue weighted by Crippen LogP contribution is 2.34. The molecule has 4 heterocycles. The van der Waals surface area contributed by atoms with Crippen molar-refractivity contribution in [3.05, 3.63) is 24.4 Å². The van der Waals surface area contributed by atoms with Gasteiger partial charge in [0.05, 0.1) is 19.8 Å². The van der Waals surface area contributed by atoms with Crippen molar-refractivity contribution in [3.63, 3.8) is 0 Å². The molecule has 18 heteroatoms. The SMILES string of the molecule is CC(=O)N(c1ccccn1)[C@H]1[C@H](O[C@H]2[C@@H](O)[C@@H](CO)O[C@@H](O[C@H]3[C@H](O)[C@@H](O)[C@H](O)O[C@@H]3CO)[C@@H]2O)O[C@H](CO)[C@@H](O)[C@@H]1O. The second-order valence-corrected chi connectivity index (χ2v) is 10.4. The number of aromatic nitrogens is 1. The highest BCUT2D eigenvalue weighted by Gasteiger charge is 2.55. The molecule has 3 aliphatic heterocycles. The van der Waals surface area contributed by atoms with Crippen LogP contribution in [0.4, 0.5) is 5.82 Å². The maximum absolute atomic E-state index is 12.8. The van der Waals surface area contributed by atoms with E-state index in [0.29, 0.717) is 0 Å². The van der Waals surface area contributed by atoms with Gasteiger partial charge in [0.25, 0.3) is 0 Å². The zero-order valence-electron chi connectivity index (χ0n) is 22.9. The minimum atomic E-state index is -1.96. The minimum absolute atomic E-state index is 0.0236. The van der Waals surface area contributed by atoms with E-state index in [0.717, 1.165) is 11.8 Å². The fourth-order valence-electron chi connectivity index (χ4n) is 5.35. The van der Waals surface area contributed by atoms with Gasteiger partial charge in [0, 0.05) is 13.1 Å². The van der Waals surface area contributed by atoms with Crippen LogP contribution in [0.1, 0.15) is 6.92 Å². The molecule has 0 bridgehead atoms. The van der Waals surface area contributed by atoms with E-state index in [4.69, 9.17) is 23.7 Å². The first-order valence-corrected chi connectivity index (χ1v) is 13.5. The Hall–Kier alpha value is -1.98. The van der Waals surface area contributed by atoms with E-state index in [2.05, 4.69) is 4.98 Å². The van der Waals surface area contributed by atoms with E-state index in [1.54, 1.807) is 12.1 Å². The number of aliphatic hydroxyl groups is 10. The summed E-state index contributed by atoms with van der Waals surface area (Å²) in [5.41, 5.74) is 0. The smallest absolute Gasteiger partial charge is 0.225 e. The van der Waals surface area contributed by atoms with E-state index in [9.17, 15) is 55.9 Å². The normalized spacial score (nSPS) is 43.7. The van der Waals surface area contributed by atoms with Crippen LogP contribution in [0.3, 0.4) is 0 Å². The molecule has 3 saturated heterocycles. The van der Waals surface area contributed by atoms with Crippen molar-refractivity contribution in [2.24, 2.45) is 0 Å². The van der Waals surface area contributed by atoms with Crippen LogP contribution >= 0.6 is 0 Å². The lowest BCUT2D eigenvalue weighted by Crippen LogP contribution is -2.69. The second kappa shape index (κ2) is 14.4. The quantitative estimate of drug-likeness (QED) is 0.123. The van der Waals surface area contributed by atoms with E-state index in [-0.39, 0.29) is 5.82 Å². The number of hydrogen-bond acceptors (Lipinski definition) is 17. The van der Waals surface area contributed by atoms with Gasteiger partial charge in [0.2, 0.25) is 5.91 Å². The minimum Gasteiger partial charge on any atom is -0.394 e. The maximum atomic E-state index is 12.8. The van der Waals surface area contributed by atoms with Crippen molar-refractivity contribution in [1.82, 2.24) is 4.98 Å². The van der Waals surface area contributed by atoms with E-state index >= 15 is 0 Å². The molecule has 3 aliphatic rings. The number of nitrogens with zero attached hydrogens (tertiary/aromatic N) is 2. The summed E-state index contributed by atoms with van der Waals surface area (Å²) in [6.45, 7) is -1.29. The van der Waals surface area contributed by atoms with Crippen molar-refractivity contribution >= 4 is 11.7 Å². The Labute approximate surface area is 244 Å². The third-order valence-electron chi connectivity index (χ3n) is 7.63. The first-order valence-electron chi connectivity index (χ1n) is 13.5. The van der Waals surface area contributed by atoms with Crippen molar-refractivity contribution in [3.8, 4) is 0 Å². The van der Waals surface area contributed by atoms with Gasteiger partial charge in [-0.25, -0.2) is 4.98 Å². The van der Waals surface area contributed by atoms with Crippen LogP contribution in [0.25, 0.3) is 0 Å². The zero-order chi connectivity index (χ0) is 31.6. The number of hydrogen-bond donors (Lipinski definition) is 10. The van der Waals surface area contributed by atoms with E-state index in [1.165, 1.54) is 12.3 Å². The molecule has 15 atom stereocenters. The molecule has 4 rings (SSSR count). The Kier molecular flexibility index (Phi) is 11.4. The highest BCUT2D eigenvalue weighted by atomic mass is 16.7. The van der Waals surface area contributed by atoms with Gasteiger partial charge in [0.15, 0.2) is 18.9 Å². The molecule has 0 spiro atoms. The summed E-state index contributed by atoms with van der Waals surface area (Å²) in [5.74, 6) is -0.644. The molecule has 0 radical (unpaired) electrons. The summed E-state index contributed by atoms with van der Waals surface area (Å²) >= 11 is 0. The molecule has 1 amide bonds. The summed E-state index contributed by atoms with van der Waals surface area (Å²) in [6.07, 6.45) is -22.8. The topological polar surface area (TPSA) is 282 Å². The van der Waals surface area contributed by atoms with Crippen molar-refractivity contribution in [1.29, 1.82) is 0 Å². The summed E-state index contributed by atoms with van der Waals surface area (Å²) in [5, 5.41) is 103. The van der Waals surface area contributed by atoms with Crippen LogP contribution in [-0.4, -0.2) is 174 Å². The van der Waals surface area contributed by atoms with Crippen molar-refractivity contribution in [2.75, 3.05) is 24.7 Å². The average molecular weight is 623 g/mol. The summed E-state index contributed by atoms with van der Waals surface area (Å²) in [6, 6.07) is 3.00. The molecular weight excluding hydrogens is 584 g/mol. The van der Waals surface area contributed by atoms with Gasteiger partial charge in [-0.05, 0) is 12.1 Å². The predicted molar refractivity (Wildman–Crippen MR) is 136 cm³/mol. The molecule has 0 aliphatic carbocycles. The summed E-state index contributed by atoms with van der Waals surface area (Å²) < 4.78 is 27.7. The molecular formula is C25H38N2O16. The lowest BCUT2D eigenvalue weighted by atomic mass is 9.94. The highest BCUT2D eigenvalue weighted by molar-refractivity contribution is 5.91. The lowest BCUT2D eigenvalue weighted by molar-refractivity contribution is -0.372. The Morgan fingerprint density at radius 1 is 0.744 bits per heavy atom. The second-order valence-electron chi connectivity index (χ2n) is 10.4. The third kappa shape index (κ3) is 6.83. The molecule has 1 aromatic rings. The number of amides is 1.